The van der Waals surface area contributed by atoms with Gasteiger partial charge in [-0.3, -0.25) is 9.74 Å². The Morgan fingerprint density at radius 1 is 1.75 bits per heavy atom. The van der Waals surface area contributed by atoms with Crippen molar-refractivity contribution in [1.82, 2.24) is 10.2 Å². The summed E-state index contributed by atoms with van der Waals surface area (Å²) in [5, 5.41) is 3.21. The molecule has 0 radical (unpaired) electrons. The van der Waals surface area contributed by atoms with Crippen LogP contribution in [0.2, 0.25) is 0 Å². The highest BCUT2D eigenvalue weighted by atomic mass is 16.6. The molecular formula is C7H16N4O. The highest BCUT2D eigenvalue weighted by Gasteiger charge is 2.11. The molecule has 1 rings (SSSR count). The summed E-state index contributed by atoms with van der Waals surface area (Å²) in [6.07, 6.45) is 0. The topological polar surface area (TPSA) is 76.5 Å². The molecule has 0 unspecified atom stereocenters. The maximum atomic E-state index is 5.71. The lowest BCUT2D eigenvalue weighted by atomic mass is 10.2. The van der Waals surface area contributed by atoms with Gasteiger partial charge >= 0.3 is 0 Å². The van der Waals surface area contributed by atoms with Crippen molar-refractivity contribution in [1.29, 1.82) is 0 Å². The SMILES string of the molecule is CN1CCN/C(=C(\N)CON)C1. The summed E-state index contributed by atoms with van der Waals surface area (Å²) in [6.45, 7) is 3.10. The zero-order valence-electron chi connectivity index (χ0n) is 7.34. The normalized spacial score (nSPS) is 23.5. The lowest BCUT2D eigenvalue weighted by Gasteiger charge is -2.27. The second kappa shape index (κ2) is 4.30. The highest BCUT2D eigenvalue weighted by Crippen LogP contribution is 2.02. The van der Waals surface area contributed by atoms with Gasteiger partial charge in [-0.05, 0) is 7.05 Å². The molecule has 1 heterocycles. The third-order valence-corrected chi connectivity index (χ3v) is 1.89. The molecule has 70 valence electrons. The van der Waals surface area contributed by atoms with E-state index in [4.69, 9.17) is 11.6 Å². The van der Waals surface area contributed by atoms with Crippen molar-refractivity contribution in [2.75, 3.05) is 33.3 Å². The van der Waals surface area contributed by atoms with Gasteiger partial charge in [0.05, 0.1) is 5.70 Å². The van der Waals surface area contributed by atoms with Crippen LogP contribution >= 0.6 is 0 Å². The van der Waals surface area contributed by atoms with Gasteiger partial charge in [0.15, 0.2) is 0 Å². The lowest BCUT2D eigenvalue weighted by molar-refractivity contribution is 0.158. The van der Waals surface area contributed by atoms with Crippen molar-refractivity contribution in [3.8, 4) is 0 Å². The summed E-state index contributed by atoms with van der Waals surface area (Å²) in [6, 6.07) is 0. The molecule has 5 heteroatoms. The monoisotopic (exact) mass is 172 g/mol. The third-order valence-electron chi connectivity index (χ3n) is 1.89. The van der Waals surface area contributed by atoms with Crippen LogP contribution in [0.1, 0.15) is 0 Å². The molecule has 0 aromatic rings. The van der Waals surface area contributed by atoms with Crippen LogP contribution in [0.4, 0.5) is 0 Å². The van der Waals surface area contributed by atoms with Crippen LogP contribution in [0.5, 0.6) is 0 Å². The first-order chi connectivity index (χ1) is 5.74. The zero-order valence-corrected chi connectivity index (χ0v) is 7.34. The molecule has 5 nitrogen and oxygen atoms in total. The molecule has 5 N–H and O–H groups in total. The number of nitrogens with zero attached hydrogens (tertiary/aromatic N) is 1. The molecule has 0 aliphatic carbocycles. The van der Waals surface area contributed by atoms with Crippen LogP contribution in [0.3, 0.4) is 0 Å². The lowest BCUT2D eigenvalue weighted by Crippen LogP contribution is -2.41. The summed E-state index contributed by atoms with van der Waals surface area (Å²) in [5.74, 6) is 4.92. The molecule has 0 saturated carbocycles. The molecule has 1 saturated heterocycles. The fourth-order valence-electron chi connectivity index (χ4n) is 1.19. The Morgan fingerprint density at radius 2 is 2.50 bits per heavy atom. The molecular weight excluding hydrogens is 156 g/mol. The number of nitrogens with one attached hydrogen (secondary N) is 1. The van der Waals surface area contributed by atoms with E-state index in [9.17, 15) is 0 Å². The summed E-state index contributed by atoms with van der Waals surface area (Å²) in [7, 11) is 2.05. The minimum absolute atomic E-state index is 0.288. The Kier molecular flexibility index (Phi) is 3.33. The van der Waals surface area contributed by atoms with Crippen LogP contribution in [-0.4, -0.2) is 38.2 Å². The van der Waals surface area contributed by atoms with Crippen molar-refractivity contribution < 1.29 is 4.84 Å². The number of piperazine rings is 1. The van der Waals surface area contributed by atoms with E-state index in [1.807, 2.05) is 0 Å². The molecule has 0 atom stereocenters. The van der Waals surface area contributed by atoms with Gasteiger partial charge in [-0.2, -0.15) is 0 Å². The van der Waals surface area contributed by atoms with Crippen molar-refractivity contribution in [3.63, 3.8) is 0 Å². The second-order valence-corrected chi connectivity index (χ2v) is 2.98. The van der Waals surface area contributed by atoms with Gasteiger partial charge < -0.3 is 11.1 Å². The minimum atomic E-state index is 0.288. The average molecular weight is 172 g/mol. The standard InChI is InChI=1S/C7H16N4O/c1-11-3-2-10-7(4-11)6(8)5-12-9/h10H,2-5,8-9H2,1H3/b7-6-. The van der Waals surface area contributed by atoms with E-state index in [0.717, 1.165) is 25.3 Å². The number of rotatable bonds is 2. The fourth-order valence-corrected chi connectivity index (χ4v) is 1.19. The van der Waals surface area contributed by atoms with Crippen LogP contribution in [0.25, 0.3) is 0 Å². The second-order valence-electron chi connectivity index (χ2n) is 2.98. The molecule has 1 aliphatic rings. The van der Waals surface area contributed by atoms with E-state index >= 15 is 0 Å². The van der Waals surface area contributed by atoms with Crippen molar-refractivity contribution in [3.05, 3.63) is 11.4 Å². The summed E-state index contributed by atoms with van der Waals surface area (Å²) in [4.78, 5) is 6.64. The first kappa shape index (κ1) is 9.31. The average Bonchev–Trinajstić information content (AvgIpc) is 2.05. The number of hydrogen-bond acceptors (Lipinski definition) is 5. The summed E-state index contributed by atoms with van der Waals surface area (Å²) in [5.41, 5.74) is 7.41. The number of hydrogen-bond donors (Lipinski definition) is 3. The van der Waals surface area contributed by atoms with E-state index < -0.39 is 0 Å². The van der Waals surface area contributed by atoms with Crippen LogP contribution in [-0.2, 0) is 4.84 Å². The Bertz CT molecular complexity index is 180. The van der Waals surface area contributed by atoms with Crippen LogP contribution in [0, 0.1) is 0 Å². The third kappa shape index (κ3) is 2.37. The van der Waals surface area contributed by atoms with E-state index in [1.165, 1.54) is 0 Å². The van der Waals surface area contributed by atoms with Crippen LogP contribution in [0.15, 0.2) is 11.4 Å². The maximum Gasteiger partial charge on any atom is 0.109 e. The Morgan fingerprint density at radius 3 is 3.08 bits per heavy atom. The number of nitrogens with two attached hydrogens (primary N) is 2. The van der Waals surface area contributed by atoms with E-state index in [-0.39, 0.29) is 6.61 Å². The number of likely N-dealkylation sites (N-methyl/N-ethyl adjacent to an activating group) is 1. The van der Waals surface area contributed by atoms with Crippen LogP contribution < -0.4 is 16.9 Å². The minimum Gasteiger partial charge on any atom is -0.399 e. The molecule has 1 fully saturated rings. The fraction of sp³-hybridized carbons (Fsp3) is 0.714. The molecule has 0 aromatic carbocycles. The zero-order chi connectivity index (χ0) is 8.97. The van der Waals surface area contributed by atoms with Gasteiger partial charge in [0.1, 0.15) is 6.61 Å². The molecule has 0 spiro atoms. The van der Waals surface area contributed by atoms with Gasteiger partial charge in [0.2, 0.25) is 0 Å². The Labute approximate surface area is 72.3 Å². The van der Waals surface area contributed by atoms with Crippen molar-refractivity contribution >= 4 is 0 Å². The van der Waals surface area contributed by atoms with E-state index in [1.54, 1.807) is 0 Å². The first-order valence-electron chi connectivity index (χ1n) is 3.95. The molecule has 1 aliphatic heterocycles. The van der Waals surface area contributed by atoms with Gasteiger partial charge in [0.25, 0.3) is 0 Å². The van der Waals surface area contributed by atoms with Gasteiger partial charge in [0, 0.05) is 25.3 Å². The summed E-state index contributed by atoms with van der Waals surface area (Å²) >= 11 is 0. The predicted molar refractivity (Wildman–Crippen MR) is 46.9 cm³/mol. The molecule has 12 heavy (non-hydrogen) atoms. The van der Waals surface area contributed by atoms with Gasteiger partial charge in [-0.25, -0.2) is 5.90 Å². The highest BCUT2D eigenvalue weighted by molar-refractivity contribution is 5.13. The molecule has 0 bridgehead atoms. The maximum absolute atomic E-state index is 5.71. The summed E-state index contributed by atoms with van der Waals surface area (Å²) < 4.78 is 0. The van der Waals surface area contributed by atoms with Gasteiger partial charge in [-0.1, -0.05) is 0 Å². The molecule has 0 aromatic heterocycles. The van der Waals surface area contributed by atoms with E-state index in [2.05, 4.69) is 22.1 Å². The van der Waals surface area contributed by atoms with E-state index in [0.29, 0.717) is 5.70 Å². The largest absolute Gasteiger partial charge is 0.399 e. The molecule has 0 amide bonds. The Balaban J connectivity index is 2.53. The predicted octanol–water partition coefficient (Wildman–Crippen LogP) is -1.42. The first-order valence-corrected chi connectivity index (χ1v) is 3.95. The Hall–Kier alpha value is -0.780. The van der Waals surface area contributed by atoms with Gasteiger partial charge in [-0.15, -0.1) is 0 Å². The van der Waals surface area contributed by atoms with Crippen molar-refractivity contribution in [2.24, 2.45) is 11.6 Å². The quantitative estimate of drug-likeness (QED) is 0.446. The van der Waals surface area contributed by atoms with Crippen molar-refractivity contribution in [2.45, 2.75) is 0 Å². The smallest absolute Gasteiger partial charge is 0.109 e.